The van der Waals surface area contributed by atoms with E-state index in [0.29, 0.717) is 23.0 Å². The second-order valence-corrected chi connectivity index (χ2v) is 5.89. The maximum atomic E-state index is 12.4. The Bertz CT molecular complexity index is 961. The largest absolute Gasteiger partial charge is 0.334 e. The summed E-state index contributed by atoms with van der Waals surface area (Å²) in [6.45, 7) is 5.06. The van der Waals surface area contributed by atoms with Crippen molar-refractivity contribution >= 4 is 23.2 Å². The average Bonchev–Trinajstić information content (AvgIpc) is 3.03. The molecule has 3 aromatic rings. The maximum Gasteiger partial charge on any atom is 0.257 e. The van der Waals surface area contributed by atoms with Gasteiger partial charge in [-0.1, -0.05) is 5.16 Å². The Morgan fingerprint density at radius 1 is 1.00 bits per heavy atom. The Morgan fingerprint density at radius 3 is 2.31 bits per heavy atom. The third-order valence-corrected chi connectivity index (χ3v) is 3.72. The summed E-state index contributed by atoms with van der Waals surface area (Å²) in [5.41, 5.74) is 3.49. The van der Waals surface area contributed by atoms with Crippen LogP contribution in [0.1, 0.15) is 28.7 Å². The molecule has 0 bridgehead atoms. The molecule has 26 heavy (non-hydrogen) atoms. The molecule has 1 heterocycles. The molecule has 0 saturated carbocycles. The summed E-state index contributed by atoms with van der Waals surface area (Å²) < 4.78 is 5.11. The van der Waals surface area contributed by atoms with Gasteiger partial charge in [0.2, 0.25) is 5.91 Å². The molecular formula is C19H18N4O3. The number of nitrogens with zero attached hydrogens (tertiary/aromatic N) is 2. The summed E-state index contributed by atoms with van der Waals surface area (Å²) in [6.07, 6.45) is 0. The van der Waals surface area contributed by atoms with E-state index in [0.717, 1.165) is 16.8 Å². The number of anilines is 2. The lowest BCUT2D eigenvalue weighted by molar-refractivity contribution is -0.114. The molecule has 0 radical (unpaired) electrons. The molecular weight excluding hydrogens is 332 g/mol. The van der Waals surface area contributed by atoms with Crippen LogP contribution < -0.4 is 10.6 Å². The molecule has 0 spiro atoms. The van der Waals surface area contributed by atoms with E-state index < -0.39 is 0 Å². The Labute approximate surface area is 150 Å². The third kappa shape index (κ3) is 3.94. The number of carbonyl (C=O) groups excluding carboxylic acids is 2. The Hall–Kier alpha value is -3.48. The van der Waals surface area contributed by atoms with E-state index in [1.807, 2.05) is 6.92 Å². The number of hydrogen-bond donors (Lipinski definition) is 2. The third-order valence-electron chi connectivity index (χ3n) is 3.72. The van der Waals surface area contributed by atoms with E-state index in [9.17, 15) is 9.59 Å². The molecule has 7 heteroatoms. The van der Waals surface area contributed by atoms with E-state index in [-0.39, 0.29) is 11.8 Å². The van der Waals surface area contributed by atoms with Gasteiger partial charge in [0.1, 0.15) is 0 Å². The van der Waals surface area contributed by atoms with E-state index in [2.05, 4.69) is 20.8 Å². The van der Waals surface area contributed by atoms with Crippen LogP contribution in [0.15, 0.2) is 47.0 Å². The van der Waals surface area contributed by atoms with Crippen LogP contribution in [0.2, 0.25) is 0 Å². The van der Waals surface area contributed by atoms with Gasteiger partial charge >= 0.3 is 0 Å². The first-order valence-electron chi connectivity index (χ1n) is 8.03. The number of aromatic nitrogens is 2. The lowest BCUT2D eigenvalue weighted by Gasteiger charge is -2.10. The van der Waals surface area contributed by atoms with Crippen molar-refractivity contribution in [1.29, 1.82) is 0 Å². The van der Waals surface area contributed by atoms with Crippen LogP contribution in [-0.4, -0.2) is 22.0 Å². The van der Waals surface area contributed by atoms with E-state index >= 15 is 0 Å². The van der Waals surface area contributed by atoms with Crippen molar-refractivity contribution in [2.75, 3.05) is 10.6 Å². The van der Waals surface area contributed by atoms with Crippen molar-refractivity contribution in [3.8, 4) is 11.5 Å². The van der Waals surface area contributed by atoms with Crippen molar-refractivity contribution in [1.82, 2.24) is 10.1 Å². The zero-order chi connectivity index (χ0) is 18.7. The molecule has 2 aromatic carbocycles. The molecule has 0 aliphatic heterocycles. The normalized spacial score (nSPS) is 10.4. The molecule has 0 fully saturated rings. The van der Waals surface area contributed by atoms with Crippen molar-refractivity contribution in [3.05, 3.63) is 59.4 Å². The SMILES string of the molecule is CC(=O)Nc1ccc(NC(=O)c2ccc(-c3nc(C)no3)cc2)cc1C. The highest BCUT2D eigenvalue weighted by molar-refractivity contribution is 6.04. The fourth-order valence-electron chi connectivity index (χ4n) is 2.45. The summed E-state index contributed by atoms with van der Waals surface area (Å²) in [5, 5.41) is 9.33. The van der Waals surface area contributed by atoms with Crippen molar-refractivity contribution in [2.24, 2.45) is 0 Å². The molecule has 3 rings (SSSR count). The second kappa shape index (κ2) is 7.18. The molecule has 0 unspecified atom stereocenters. The number of hydrogen-bond acceptors (Lipinski definition) is 5. The van der Waals surface area contributed by atoms with Gasteiger partial charge in [-0.05, 0) is 61.9 Å². The van der Waals surface area contributed by atoms with E-state index in [4.69, 9.17) is 4.52 Å². The topological polar surface area (TPSA) is 97.1 Å². The minimum absolute atomic E-state index is 0.138. The number of amides is 2. The highest BCUT2D eigenvalue weighted by Crippen LogP contribution is 2.21. The lowest BCUT2D eigenvalue weighted by atomic mass is 10.1. The van der Waals surface area contributed by atoms with Gasteiger partial charge in [-0.3, -0.25) is 9.59 Å². The number of benzene rings is 2. The molecule has 2 N–H and O–H groups in total. The number of rotatable bonds is 4. The highest BCUT2D eigenvalue weighted by Gasteiger charge is 2.10. The average molecular weight is 350 g/mol. The van der Waals surface area contributed by atoms with Crippen LogP contribution >= 0.6 is 0 Å². The lowest BCUT2D eigenvalue weighted by Crippen LogP contribution is -2.12. The van der Waals surface area contributed by atoms with Crippen LogP contribution in [0.25, 0.3) is 11.5 Å². The molecule has 2 amide bonds. The summed E-state index contributed by atoms with van der Waals surface area (Å²) in [4.78, 5) is 27.7. The molecule has 1 aromatic heterocycles. The van der Waals surface area contributed by atoms with Gasteiger partial charge in [0.15, 0.2) is 5.82 Å². The number of carbonyl (C=O) groups is 2. The van der Waals surface area contributed by atoms with Gasteiger partial charge in [0, 0.05) is 29.4 Å². The van der Waals surface area contributed by atoms with Crippen molar-refractivity contribution in [2.45, 2.75) is 20.8 Å². The summed E-state index contributed by atoms with van der Waals surface area (Å²) >= 11 is 0. The van der Waals surface area contributed by atoms with Crippen LogP contribution in [0.5, 0.6) is 0 Å². The first kappa shape index (κ1) is 17.3. The second-order valence-electron chi connectivity index (χ2n) is 5.89. The fourth-order valence-corrected chi connectivity index (χ4v) is 2.45. The van der Waals surface area contributed by atoms with E-state index in [1.165, 1.54) is 6.92 Å². The van der Waals surface area contributed by atoms with Gasteiger partial charge in [-0.25, -0.2) is 0 Å². The number of nitrogens with one attached hydrogen (secondary N) is 2. The van der Waals surface area contributed by atoms with Crippen LogP contribution in [0.4, 0.5) is 11.4 Å². The molecule has 0 aliphatic rings. The van der Waals surface area contributed by atoms with Gasteiger partial charge in [-0.2, -0.15) is 4.98 Å². The van der Waals surface area contributed by atoms with Crippen molar-refractivity contribution in [3.63, 3.8) is 0 Å². The molecule has 7 nitrogen and oxygen atoms in total. The zero-order valence-electron chi connectivity index (χ0n) is 14.7. The van der Waals surface area contributed by atoms with Crippen molar-refractivity contribution < 1.29 is 14.1 Å². The highest BCUT2D eigenvalue weighted by atomic mass is 16.5. The predicted octanol–water partition coefficient (Wildman–Crippen LogP) is 3.56. The quantitative estimate of drug-likeness (QED) is 0.750. The maximum absolute atomic E-state index is 12.4. The standard InChI is InChI=1S/C19H18N4O3/c1-11-10-16(8-9-17(11)21-13(3)24)22-18(25)14-4-6-15(7-5-14)19-20-12(2)23-26-19/h4-10H,1-3H3,(H,21,24)(H,22,25). The summed E-state index contributed by atoms with van der Waals surface area (Å²) in [7, 11) is 0. The minimum atomic E-state index is -0.232. The molecule has 132 valence electrons. The summed E-state index contributed by atoms with van der Waals surface area (Å²) in [6, 6.07) is 12.2. The minimum Gasteiger partial charge on any atom is -0.334 e. The van der Waals surface area contributed by atoms with E-state index in [1.54, 1.807) is 49.4 Å². The van der Waals surface area contributed by atoms with Crippen LogP contribution in [0.3, 0.4) is 0 Å². The van der Waals surface area contributed by atoms with Gasteiger partial charge < -0.3 is 15.2 Å². The Balaban J connectivity index is 1.71. The molecule has 0 aliphatic carbocycles. The van der Waals surface area contributed by atoms with Gasteiger partial charge in [0.25, 0.3) is 11.8 Å². The van der Waals surface area contributed by atoms with Gasteiger partial charge in [-0.15, -0.1) is 0 Å². The van der Waals surface area contributed by atoms with Crippen LogP contribution in [-0.2, 0) is 4.79 Å². The molecule has 0 atom stereocenters. The predicted molar refractivity (Wildman–Crippen MR) is 97.9 cm³/mol. The summed E-state index contributed by atoms with van der Waals surface area (Å²) in [5.74, 6) is 0.602. The smallest absolute Gasteiger partial charge is 0.257 e. The Morgan fingerprint density at radius 2 is 1.73 bits per heavy atom. The monoisotopic (exact) mass is 350 g/mol. The molecule has 0 saturated heterocycles. The first-order chi connectivity index (χ1) is 12.4. The Kier molecular flexibility index (Phi) is 4.79. The first-order valence-corrected chi connectivity index (χ1v) is 8.03. The number of aryl methyl sites for hydroxylation is 2. The fraction of sp³-hybridized carbons (Fsp3) is 0.158. The zero-order valence-corrected chi connectivity index (χ0v) is 14.7. The van der Waals surface area contributed by atoms with Gasteiger partial charge in [0.05, 0.1) is 0 Å². The van der Waals surface area contributed by atoms with Crippen LogP contribution in [0, 0.1) is 13.8 Å².